The SMILES string of the molecule is CCCC(C)(O)CNC(=O)c1ccc(-n2nc(C)c(CCC(=O)O)c2C)cc1. The predicted molar refractivity (Wildman–Crippen MR) is 107 cm³/mol. The molecule has 7 nitrogen and oxygen atoms in total. The number of rotatable bonds is 9. The van der Waals surface area contributed by atoms with E-state index in [0.717, 1.165) is 29.1 Å². The van der Waals surface area contributed by atoms with Crippen molar-refractivity contribution in [2.24, 2.45) is 0 Å². The van der Waals surface area contributed by atoms with E-state index in [-0.39, 0.29) is 18.9 Å². The Labute approximate surface area is 165 Å². The number of nitrogens with one attached hydrogen (secondary N) is 1. The molecule has 3 N–H and O–H groups in total. The molecule has 2 aromatic rings. The Morgan fingerprint density at radius 3 is 2.43 bits per heavy atom. The number of amides is 1. The molecule has 1 heterocycles. The lowest BCUT2D eigenvalue weighted by Gasteiger charge is -2.22. The number of hydrogen-bond donors (Lipinski definition) is 3. The van der Waals surface area contributed by atoms with Crippen molar-refractivity contribution in [3.05, 3.63) is 46.8 Å². The summed E-state index contributed by atoms with van der Waals surface area (Å²) in [5, 5.41) is 26.4. The van der Waals surface area contributed by atoms with Crippen LogP contribution in [0.1, 0.15) is 60.4 Å². The van der Waals surface area contributed by atoms with Crippen LogP contribution in [0.4, 0.5) is 0 Å². The number of nitrogens with zero attached hydrogens (tertiary/aromatic N) is 2. The van der Waals surface area contributed by atoms with Crippen LogP contribution in [0.15, 0.2) is 24.3 Å². The number of aliphatic hydroxyl groups is 1. The van der Waals surface area contributed by atoms with Crippen LogP contribution < -0.4 is 5.32 Å². The minimum Gasteiger partial charge on any atom is -0.481 e. The molecule has 0 bridgehead atoms. The van der Waals surface area contributed by atoms with E-state index >= 15 is 0 Å². The highest BCUT2D eigenvalue weighted by Crippen LogP contribution is 2.20. The molecule has 1 unspecified atom stereocenters. The number of benzene rings is 1. The van der Waals surface area contributed by atoms with Gasteiger partial charge >= 0.3 is 5.97 Å². The van der Waals surface area contributed by atoms with E-state index in [4.69, 9.17) is 5.11 Å². The largest absolute Gasteiger partial charge is 0.481 e. The van der Waals surface area contributed by atoms with Crippen LogP contribution in [-0.2, 0) is 11.2 Å². The highest BCUT2D eigenvalue weighted by atomic mass is 16.4. The molecule has 1 amide bonds. The van der Waals surface area contributed by atoms with Crippen molar-refractivity contribution in [2.45, 2.75) is 59.0 Å². The summed E-state index contributed by atoms with van der Waals surface area (Å²) in [6.07, 6.45) is 1.96. The van der Waals surface area contributed by atoms with E-state index in [1.165, 1.54) is 0 Å². The Kier molecular flexibility index (Phi) is 6.96. The molecule has 0 aliphatic heterocycles. The number of carboxylic acid groups (broad SMARTS) is 1. The van der Waals surface area contributed by atoms with E-state index < -0.39 is 11.6 Å². The van der Waals surface area contributed by atoms with Crippen LogP contribution in [-0.4, -0.2) is 44.0 Å². The van der Waals surface area contributed by atoms with Gasteiger partial charge in [0.2, 0.25) is 0 Å². The molecule has 0 saturated carbocycles. The summed E-state index contributed by atoms with van der Waals surface area (Å²) in [6.45, 7) is 7.68. The fraction of sp³-hybridized carbons (Fsp3) is 0.476. The third-order valence-corrected chi connectivity index (χ3v) is 4.82. The van der Waals surface area contributed by atoms with Gasteiger partial charge in [-0.3, -0.25) is 9.59 Å². The van der Waals surface area contributed by atoms with Gasteiger partial charge in [-0.2, -0.15) is 5.10 Å². The molecule has 0 saturated heterocycles. The van der Waals surface area contributed by atoms with Gasteiger partial charge in [0.25, 0.3) is 5.91 Å². The summed E-state index contributed by atoms with van der Waals surface area (Å²) in [5.74, 6) is -1.07. The molecular weight excluding hydrogens is 358 g/mol. The van der Waals surface area contributed by atoms with Crippen molar-refractivity contribution >= 4 is 11.9 Å². The smallest absolute Gasteiger partial charge is 0.303 e. The van der Waals surface area contributed by atoms with Crippen molar-refractivity contribution in [1.29, 1.82) is 0 Å². The number of carbonyl (C=O) groups is 2. The molecule has 0 spiro atoms. The second-order valence-corrected chi connectivity index (χ2v) is 7.43. The number of aromatic nitrogens is 2. The number of aryl methyl sites for hydroxylation is 1. The summed E-state index contributed by atoms with van der Waals surface area (Å²) in [7, 11) is 0. The van der Waals surface area contributed by atoms with Gasteiger partial charge in [0.15, 0.2) is 0 Å². The number of hydrogen-bond acceptors (Lipinski definition) is 4. The zero-order chi connectivity index (χ0) is 20.9. The molecule has 1 aromatic heterocycles. The van der Waals surface area contributed by atoms with Crippen molar-refractivity contribution in [2.75, 3.05) is 6.54 Å². The molecule has 0 aliphatic carbocycles. The zero-order valence-electron chi connectivity index (χ0n) is 17.0. The highest BCUT2D eigenvalue weighted by molar-refractivity contribution is 5.94. The van der Waals surface area contributed by atoms with Crippen LogP contribution >= 0.6 is 0 Å². The number of carbonyl (C=O) groups excluding carboxylic acids is 1. The van der Waals surface area contributed by atoms with Crippen LogP contribution in [0.25, 0.3) is 5.69 Å². The zero-order valence-corrected chi connectivity index (χ0v) is 17.0. The van der Waals surface area contributed by atoms with Gasteiger partial charge in [-0.05, 0) is 63.4 Å². The average Bonchev–Trinajstić information content (AvgIpc) is 2.92. The molecule has 0 aliphatic rings. The second kappa shape index (κ2) is 9.01. The highest BCUT2D eigenvalue weighted by Gasteiger charge is 2.20. The van der Waals surface area contributed by atoms with Crippen LogP contribution in [0, 0.1) is 13.8 Å². The lowest BCUT2D eigenvalue weighted by Crippen LogP contribution is -2.40. The first-order chi connectivity index (χ1) is 13.1. The summed E-state index contributed by atoms with van der Waals surface area (Å²) in [5.41, 5.74) is 3.02. The molecule has 0 fully saturated rings. The third kappa shape index (κ3) is 5.42. The molecule has 2 rings (SSSR count). The van der Waals surface area contributed by atoms with E-state index in [9.17, 15) is 14.7 Å². The Morgan fingerprint density at radius 1 is 1.21 bits per heavy atom. The third-order valence-electron chi connectivity index (χ3n) is 4.82. The average molecular weight is 387 g/mol. The Morgan fingerprint density at radius 2 is 1.86 bits per heavy atom. The lowest BCUT2D eigenvalue weighted by molar-refractivity contribution is -0.136. The van der Waals surface area contributed by atoms with Crippen molar-refractivity contribution in [1.82, 2.24) is 15.1 Å². The minimum atomic E-state index is -0.916. The monoisotopic (exact) mass is 387 g/mol. The summed E-state index contributed by atoms with van der Waals surface area (Å²) in [6, 6.07) is 7.04. The number of aliphatic carboxylic acids is 1. The molecule has 1 atom stereocenters. The van der Waals surface area contributed by atoms with Crippen molar-refractivity contribution in [3.8, 4) is 5.69 Å². The summed E-state index contributed by atoms with van der Waals surface area (Å²) >= 11 is 0. The van der Waals surface area contributed by atoms with Gasteiger partial charge in [-0.1, -0.05) is 13.3 Å². The summed E-state index contributed by atoms with van der Waals surface area (Å²) in [4.78, 5) is 23.2. The number of carboxylic acids is 1. The van der Waals surface area contributed by atoms with Gasteiger partial charge in [0.05, 0.1) is 17.0 Å². The maximum absolute atomic E-state index is 12.3. The first kappa shape index (κ1) is 21.6. The molecule has 28 heavy (non-hydrogen) atoms. The lowest BCUT2D eigenvalue weighted by atomic mass is 10.0. The summed E-state index contributed by atoms with van der Waals surface area (Å²) < 4.78 is 1.76. The second-order valence-electron chi connectivity index (χ2n) is 7.43. The first-order valence-corrected chi connectivity index (χ1v) is 9.52. The standard InChI is InChI=1S/C21H29N3O4/c1-5-12-21(4,28)13-22-20(27)16-6-8-17(9-7-16)24-15(3)18(14(2)23-24)10-11-19(25)26/h6-9,28H,5,10-13H2,1-4H3,(H,22,27)(H,25,26). The maximum Gasteiger partial charge on any atom is 0.303 e. The van der Waals surface area contributed by atoms with E-state index in [1.807, 2.05) is 20.8 Å². The van der Waals surface area contributed by atoms with E-state index in [0.29, 0.717) is 18.4 Å². The molecule has 1 aromatic carbocycles. The van der Waals surface area contributed by atoms with Crippen molar-refractivity contribution < 1.29 is 19.8 Å². The van der Waals surface area contributed by atoms with Gasteiger partial charge in [-0.15, -0.1) is 0 Å². The minimum absolute atomic E-state index is 0.0638. The van der Waals surface area contributed by atoms with Gasteiger partial charge in [-0.25, -0.2) is 4.68 Å². The van der Waals surface area contributed by atoms with Gasteiger partial charge in [0, 0.05) is 24.2 Å². The normalized spacial score (nSPS) is 13.2. The molecular formula is C21H29N3O4. The maximum atomic E-state index is 12.3. The fourth-order valence-electron chi connectivity index (χ4n) is 3.27. The van der Waals surface area contributed by atoms with Gasteiger partial charge in [0.1, 0.15) is 0 Å². The topological polar surface area (TPSA) is 104 Å². The molecule has 152 valence electrons. The Hall–Kier alpha value is -2.67. The predicted octanol–water partition coefficient (Wildman–Crippen LogP) is 2.79. The molecule has 0 radical (unpaired) electrons. The fourth-order valence-corrected chi connectivity index (χ4v) is 3.27. The van der Waals surface area contributed by atoms with Crippen molar-refractivity contribution in [3.63, 3.8) is 0 Å². The van der Waals surface area contributed by atoms with E-state index in [2.05, 4.69) is 10.4 Å². The van der Waals surface area contributed by atoms with Crippen LogP contribution in [0.5, 0.6) is 0 Å². The Bertz CT molecular complexity index is 838. The first-order valence-electron chi connectivity index (χ1n) is 9.52. The van der Waals surface area contributed by atoms with Gasteiger partial charge < -0.3 is 15.5 Å². The van der Waals surface area contributed by atoms with Crippen LogP contribution in [0.3, 0.4) is 0 Å². The quantitative estimate of drug-likeness (QED) is 0.614. The molecule has 7 heteroatoms. The Balaban J connectivity index is 2.11. The van der Waals surface area contributed by atoms with E-state index in [1.54, 1.807) is 35.9 Å². The van der Waals surface area contributed by atoms with Crippen LogP contribution in [0.2, 0.25) is 0 Å².